The first-order chi connectivity index (χ1) is 6.45. The molecule has 0 amide bonds. The van der Waals surface area contributed by atoms with Crippen LogP contribution in [0.15, 0.2) is 21.3 Å². The van der Waals surface area contributed by atoms with Gasteiger partial charge in [-0.2, -0.15) is 18.4 Å². The number of rotatable bonds is 1. The summed E-state index contributed by atoms with van der Waals surface area (Å²) >= 11 is 1.98. The number of hydrogen-bond acceptors (Lipinski definition) is 1. The molecular formula is C9H7F3IN. The Kier molecular flexibility index (Phi) is 3.59. The van der Waals surface area contributed by atoms with Gasteiger partial charge in [0.25, 0.3) is 0 Å². The van der Waals surface area contributed by atoms with Crippen molar-refractivity contribution >= 4 is 22.6 Å². The van der Waals surface area contributed by atoms with E-state index < -0.39 is 11.7 Å². The fourth-order valence-corrected chi connectivity index (χ4v) is 1.86. The minimum absolute atomic E-state index is 0.0775. The third kappa shape index (κ3) is 2.74. The second-order valence-corrected chi connectivity index (χ2v) is 4.25. The molecule has 0 aromatic rings. The average Bonchev–Trinajstić information content (AvgIpc) is 2.07. The fourth-order valence-electron chi connectivity index (χ4n) is 1.24. The quantitative estimate of drug-likeness (QED) is 0.677. The number of alkyl halides is 3. The monoisotopic (exact) mass is 313 g/mol. The lowest BCUT2D eigenvalue weighted by molar-refractivity contribution is -0.0950. The van der Waals surface area contributed by atoms with Gasteiger partial charge in [0.05, 0.1) is 6.07 Å². The van der Waals surface area contributed by atoms with E-state index >= 15 is 0 Å². The highest BCUT2D eigenvalue weighted by atomic mass is 127. The fraction of sp³-hybridized carbons (Fsp3) is 0.444. The molecule has 0 aromatic heterocycles. The van der Waals surface area contributed by atoms with Gasteiger partial charge in [-0.25, -0.2) is 0 Å². The summed E-state index contributed by atoms with van der Waals surface area (Å²) in [6, 6.07) is 1.90. The third-order valence-corrected chi connectivity index (χ3v) is 3.24. The number of nitriles is 1. The van der Waals surface area contributed by atoms with E-state index in [1.165, 1.54) is 6.08 Å². The largest absolute Gasteiger partial charge is 0.412 e. The molecule has 0 fully saturated rings. The minimum atomic E-state index is -4.26. The molecule has 0 aromatic carbocycles. The van der Waals surface area contributed by atoms with Crippen LogP contribution in [0.4, 0.5) is 13.2 Å². The van der Waals surface area contributed by atoms with Crippen LogP contribution < -0.4 is 0 Å². The molecule has 14 heavy (non-hydrogen) atoms. The van der Waals surface area contributed by atoms with Crippen molar-refractivity contribution in [2.24, 2.45) is 5.92 Å². The maximum Gasteiger partial charge on any atom is 0.412 e. The Labute approximate surface area is 93.4 Å². The van der Waals surface area contributed by atoms with Crippen LogP contribution in [0.2, 0.25) is 0 Å². The van der Waals surface area contributed by atoms with Crippen molar-refractivity contribution in [3.8, 4) is 6.07 Å². The van der Waals surface area contributed by atoms with Crippen LogP contribution in [0, 0.1) is 17.2 Å². The summed E-state index contributed by atoms with van der Waals surface area (Å²) in [5.41, 5.74) is -0.543. The Bertz CT molecular complexity index is 322. The second kappa shape index (κ2) is 4.34. The number of halogens is 4. The van der Waals surface area contributed by atoms with Gasteiger partial charge in [0.1, 0.15) is 0 Å². The molecule has 1 aliphatic rings. The predicted molar refractivity (Wildman–Crippen MR) is 54.6 cm³/mol. The van der Waals surface area contributed by atoms with Gasteiger partial charge >= 0.3 is 6.18 Å². The van der Waals surface area contributed by atoms with Gasteiger partial charge in [0, 0.05) is 17.9 Å². The molecule has 0 heterocycles. The van der Waals surface area contributed by atoms with Crippen molar-refractivity contribution in [3.05, 3.63) is 21.3 Å². The van der Waals surface area contributed by atoms with E-state index in [4.69, 9.17) is 5.26 Å². The standard InChI is InChI=1S/C9H7F3IN/c10-9(11,12)7-1-2-8(13)6(5-7)3-4-14/h1-2,6H,3,5H2. The maximum absolute atomic E-state index is 12.3. The number of allylic oxidation sites excluding steroid dienone is 4. The average molecular weight is 313 g/mol. The Hall–Kier alpha value is -0.510. The summed E-state index contributed by atoms with van der Waals surface area (Å²) < 4.78 is 37.7. The molecule has 0 N–H and O–H groups in total. The van der Waals surface area contributed by atoms with Crippen molar-refractivity contribution in [1.29, 1.82) is 5.26 Å². The molecular weight excluding hydrogens is 306 g/mol. The van der Waals surface area contributed by atoms with E-state index in [9.17, 15) is 13.2 Å². The van der Waals surface area contributed by atoms with Gasteiger partial charge in [-0.15, -0.1) is 0 Å². The predicted octanol–water partition coefficient (Wildman–Crippen LogP) is 3.73. The van der Waals surface area contributed by atoms with E-state index in [1.807, 2.05) is 28.7 Å². The number of hydrogen-bond donors (Lipinski definition) is 0. The third-order valence-electron chi connectivity index (χ3n) is 2.00. The first-order valence-corrected chi connectivity index (χ1v) is 5.03. The Balaban J connectivity index is 2.83. The molecule has 76 valence electrons. The van der Waals surface area contributed by atoms with Crippen LogP contribution in [0.5, 0.6) is 0 Å². The summed E-state index contributed by atoms with van der Waals surface area (Å²) in [6.45, 7) is 0. The van der Waals surface area contributed by atoms with Crippen molar-refractivity contribution in [1.82, 2.24) is 0 Å². The van der Waals surface area contributed by atoms with Crippen molar-refractivity contribution in [2.45, 2.75) is 19.0 Å². The minimum Gasteiger partial charge on any atom is -0.198 e. The molecule has 0 radical (unpaired) electrons. The van der Waals surface area contributed by atoms with Gasteiger partial charge in [0.15, 0.2) is 0 Å². The normalized spacial score (nSPS) is 22.4. The van der Waals surface area contributed by atoms with E-state index in [0.717, 1.165) is 9.66 Å². The molecule has 0 saturated carbocycles. The Morgan fingerprint density at radius 3 is 2.64 bits per heavy atom. The Morgan fingerprint density at radius 1 is 1.50 bits per heavy atom. The SMILES string of the molecule is N#CCC1CC(C(F)(F)F)=CC=C1I. The smallest absolute Gasteiger partial charge is 0.198 e. The van der Waals surface area contributed by atoms with Gasteiger partial charge < -0.3 is 0 Å². The van der Waals surface area contributed by atoms with Crippen molar-refractivity contribution < 1.29 is 13.2 Å². The zero-order chi connectivity index (χ0) is 10.8. The van der Waals surface area contributed by atoms with Gasteiger partial charge in [-0.1, -0.05) is 12.2 Å². The van der Waals surface area contributed by atoms with E-state index in [2.05, 4.69) is 0 Å². The van der Waals surface area contributed by atoms with Crippen LogP contribution in [0.3, 0.4) is 0 Å². The summed E-state index contributed by atoms with van der Waals surface area (Å²) in [6.07, 6.45) is -1.67. The van der Waals surface area contributed by atoms with E-state index in [1.54, 1.807) is 0 Å². The molecule has 1 nitrogen and oxygen atoms in total. The zero-order valence-corrected chi connectivity index (χ0v) is 9.26. The van der Waals surface area contributed by atoms with Crippen molar-refractivity contribution in [2.75, 3.05) is 0 Å². The highest BCUT2D eigenvalue weighted by Crippen LogP contribution is 2.38. The molecule has 0 saturated heterocycles. The lowest BCUT2D eigenvalue weighted by atomic mass is 9.92. The summed E-state index contributed by atoms with van der Waals surface area (Å²) in [4.78, 5) is 0. The van der Waals surface area contributed by atoms with Gasteiger partial charge in [-0.05, 0) is 32.6 Å². The zero-order valence-electron chi connectivity index (χ0n) is 7.11. The summed E-state index contributed by atoms with van der Waals surface area (Å²) in [5, 5.41) is 8.44. The van der Waals surface area contributed by atoms with Crippen LogP contribution in [-0.4, -0.2) is 6.18 Å². The highest BCUT2D eigenvalue weighted by Gasteiger charge is 2.36. The molecule has 0 aliphatic heterocycles. The van der Waals surface area contributed by atoms with E-state index in [0.29, 0.717) is 0 Å². The molecule has 0 bridgehead atoms. The first-order valence-electron chi connectivity index (χ1n) is 3.95. The maximum atomic E-state index is 12.3. The summed E-state index contributed by atoms with van der Waals surface area (Å²) in [7, 11) is 0. The first kappa shape index (κ1) is 11.6. The van der Waals surface area contributed by atoms with Crippen LogP contribution >= 0.6 is 22.6 Å². The lowest BCUT2D eigenvalue weighted by Crippen LogP contribution is -2.17. The Morgan fingerprint density at radius 2 is 2.14 bits per heavy atom. The molecule has 1 aliphatic carbocycles. The van der Waals surface area contributed by atoms with Crippen LogP contribution in [0.25, 0.3) is 0 Å². The van der Waals surface area contributed by atoms with Gasteiger partial charge in [-0.3, -0.25) is 0 Å². The van der Waals surface area contributed by atoms with Crippen LogP contribution in [-0.2, 0) is 0 Å². The number of nitrogens with zero attached hydrogens (tertiary/aromatic N) is 1. The molecule has 1 atom stereocenters. The molecule has 5 heteroatoms. The van der Waals surface area contributed by atoms with E-state index in [-0.39, 0.29) is 18.8 Å². The molecule has 0 spiro atoms. The van der Waals surface area contributed by atoms with Gasteiger partial charge in [0.2, 0.25) is 0 Å². The molecule has 1 unspecified atom stereocenters. The van der Waals surface area contributed by atoms with Crippen molar-refractivity contribution in [3.63, 3.8) is 0 Å². The van der Waals surface area contributed by atoms with Crippen LogP contribution in [0.1, 0.15) is 12.8 Å². The topological polar surface area (TPSA) is 23.8 Å². The molecule has 1 rings (SSSR count). The second-order valence-electron chi connectivity index (χ2n) is 3.00. The lowest BCUT2D eigenvalue weighted by Gasteiger charge is -2.21. The summed E-state index contributed by atoms with van der Waals surface area (Å²) in [5.74, 6) is -0.290. The highest BCUT2D eigenvalue weighted by molar-refractivity contribution is 14.1.